The van der Waals surface area contributed by atoms with Crippen LogP contribution in [0.3, 0.4) is 0 Å². The van der Waals surface area contributed by atoms with E-state index >= 15 is 0 Å². The smallest absolute Gasteiger partial charge is 0.119 e. The lowest BCUT2D eigenvalue weighted by Crippen LogP contribution is -2.36. The molecule has 1 aliphatic carbocycles. The van der Waals surface area contributed by atoms with Crippen LogP contribution in [-0.4, -0.2) is 12.1 Å². The van der Waals surface area contributed by atoms with Gasteiger partial charge in [-0.25, -0.2) is 4.98 Å². The number of benzene rings is 1. The van der Waals surface area contributed by atoms with Crippen LogP contribution in [0.25, 0.3) is 0 Å². The van der Waals surface area contributed by atoms with Gasteiger partial charge in [-0.15, -0.1) is 11.3 Å². The van der Waals surface area contributed by atoms with Crippen LogP contribution < -0.4 is 10.5 Å². The predicted octanol–water partition coefficient (Wildman–Crippen LogP) is 2.80. The first-order chi connectivity index (χ1) is 9.10. The zero-order valence-corrected chi connectivity index (χ0v) is 12.1. The minimum atomic E-state index is -0.301. The molecule has 1 aliphatic rings. The lowest BCUT2D eigenvalue weighted by Gasteiger charge is -2.25. The fourth-order valence-electron chi connectivity index (χ4n) is 2.85. The fraction of sp³-hybridized carbons (Fsp3) is 0.400. The van der Waals surface area contributed by atoms with Gasteiger partial charge in [0, 0.05) is 17.3 Å². The van der Waals surface area contributed by atoms with Crippen LogP contribution in [-0.2, 0) is 18.4 Å². The van der Waals surface area contributed by atoms with E-state index in [-0.39, 0.29) is 5.54 Å². The number of hydrogen-bond acceptors (Lipinski definition) is 4. The summed E-state index contributed by atoms with van der Waals surface area (Å²) in [6, 6.07) is 6.23. The maximum absolute atomic E-state index is 6.64. The highest BCUT2D eigenvalue weighted by molar-refractivity contribution is 7.09. The molecular formula is C15H18N2OS. The van der Waals surface area contributed by atoms with E-state index in [4.69, 9.17) is 10.5 Å². The average Bonchev–Trinajstić information content (AvgIpc) is 2.94. The highest BCUT2D eigenvalue weighted by Gasteiger charge is 2.36. The van der Waals surface area contributed by atoms with Gasteiger partial charge in [-0.05, 0) is 43.0 Å². The molecule has 19 heavy (non-hydrogen) atoms. The molecule has 0 fully saturated rings. The van der Waals surface area contributed by atoms with Gasteiger partial charge in [0.1, 0.15) is 5.75 Å². The van der Waals surface area contributed by atoms with Gasteiger partial charge in [-0.2, -0.15) is 0 Å². The van der Waals surface area contributed by atoms with Crippen molar-refractivity contribution in [3.8, 4) is 5.75 Å². The summed E-state index contributed by atoms with van der Waals surface area (Å²) < 4.78 is 5.32. The molecule has 0 radical (unpaired) electrons. The second kappa shape index (κ2) is 4.62. The first kappa shape index (κ1) is 12.6. The van der Waals surface area contributed by atoms with E-state index in [1.807, 2.05) is 13.0 Å². The van der Waals surface area contributed by atoms with E-state index in [1.165, 1.54) is 11.1 Å². The quantitative estimate of drug-likeness (QED) is 0.936. The van der Waals surface area contributed by atoms with Gasteiger partial charge in [-0.1, -0.05) is 6.07 Å². The van der Waals surface area contributed by atoms with Crippen LogP contribution in [0.4, 0.5) is 0 Å². The summed E-state index contributed by atoms with van der Waals surface area (Å²) in [7, 11) is 1.69. The number of nitrogens with zero attached hydrogens (tertiary/aromatic N) is 1. The van der Waals surface area contributed by atoms with Crippen LogP contribution in [0.15, 0.2) is 23.6 Å². The number of thiazole rings is 1. The summed E-state index contributed by atoms with van der Waals surface area (Å²) in [5, 5.41) is 3.21. The molecule has 0 bridgehead atoms. The Hall–Kier alpha value is -1.39. The standard InChI is InChI=1S/C15H18N2OS/c1-10-17-12(9-19-10)8-15(16)6-5-11-3-4-13(18-2)7-14(11)15/h3-4,7,9H,5-6,8,16H2,1-2H3. The molecule has 0 saturated carbocycles. The van der Waals surface area contributed by atoms with Gasteiger partial charge in [0.25, 0.3) is 0 Å². The minimum Gasteiger partial charge on any atom is -0.497 e. The molecule has 1 unspecified atom stereocenters. The second-order valence-corrected chi connectivity index (χ2v) is 6.28. The third-order valence-electron chi connectivity index (χ3n) is 3.86. The maximum atomic E-state index is 6.64. The number of fused-ring (bicyclic) bond motifs is 1. The predicted molar refractivity (Wildman–Crippen MR) is 77.7 cm³/mol. The molecule has 3 nitrogen and oxygen atoms in total. The molecule has 2 aromatic rings. The van der Waals surface area contributed by atoms with Crippen molar-refractivity contribution >= 4 is 11.3 Å². The average molecular weight is 274 g/mol. The largest absolute Gasteiger partial charge is 0.497 e. The molecule has 0 amide bonds. The van der Waals surface area contributed by atoms with Crippen LogP contribution in [0.5, 0.6) is 5.75 Å². The number of aryl methyl sites for hydroxylation is 2. The molecule has 1 heterocycles. The molecule has 2 N–H and O–H groups in total. The third-order valence-corrected chi connectivity index (χ3v) is 4.68. The summed E-state index contributed by atoms with van der Waals surface area (Å²) in [4.78, 5) is 4.54. The van der Waals surface area contributed by atoms with Crippen molar-refractivity contribution in [2.75, 3.05) is 7.11 Å². The van der Waals surface area contributed by atoms with Crippen LogP contribution in [0.2, 0.25) is 0 Å². The Labute approximate surface area is 117 Å². The molecule has 100 valence electrons. The van der Waals surface area contributed by atoms with Crippen molar-refractivity contribution in [1.82, 2.24) is 4.98 Å². The Kier molecular flexibility index (Phi) is 3.07. The monoisotopic (exact) mass is 274 g/mol. The van der Waals surface area contributed by atoms with E-state index in [0.29, 0.717) is 0 Å². The molecule has 3 rings (SSSR count). The van der Waals surface area contributed by atoms with Crippen LogP contribution >= 0.6 is 11.3 Å². The van der Waals surface area contributed by atoms with Crippen molar-refractivity contribution in [3.05, 3.63) is 45.4 Å². The molecule has 4 heteroatoms. The topological polar surface area (TPSA) is 48.1 Å². The fourth-order valence-corrected chi connectivity index (χ4v) is 3.47. The first-order valence-electron chi connectivity index (χ1n) is 6.48. The first-order valence-corrected chi connectivity index (χ1v) is 7.36. The zero-order chi connectivity index (χ0) is 13.5. The Morgan fingerprint density at radius 2 is 2.32 bits per heavy atom. The molecule has 0 spiro atoms. The Morgan fingerprint density at radius 1 is 1.47 bits per heavy atom. The SMILES string of the molecule is COc1ccc2c(c1)C(N)(Cc1csc(C)n1)CC2. The van der Waals surface area contributed by atoms with Crippen molar-refractivity contribution in [1.29, 1.82) is 0 Å². The Morgan fingerprint density at radius 3 is 3.00 bits per heavy atom. The summed E-state index contributed by atoms with van der Waals surface area (Å²) >= 11 is 1.68. The highest BCUT2D eigenvalue weighted by Crippen LogP contribution is 2.39. The van der Waals surface area contributed by atoms with E-state index in [9.17, 15) is 0 Å². The summed E-state index contributed by atoms with van der Waals surface area (Å²) in [5.41, 5.74) is 10.0. The van der Waals surface area contributed by atoms with Gasteiger partial charge in [-0.3, -0.25) is 0 Å². The van der Waals surface area contributed by atoms with Gasteiger partial charge in [0.15, 0.2) is 0 Å². The molecule has 1 aromatic heterocycles. The molecule has 0 saturated heterocycles. The number of methoxy groups -OCH3 is 1. The van der Waals surface area contributed by atoms with E-state index in [0.717, 1.165) is 35.7 Å². The van der Waals surface area contributed by atoms with E-state index < -0.39 is 0 Å². The van der Waals surface area contributed by atoms with Crippen molar-refractivity contribution in [3.63, 3.8) is 0 Å². The summed E-state index contributed by atoms with van der Waals surface area (Å²) in [6.45, 7) is 2.03. The van der Waals surface area contributed by atoms with Gasteiger partial charge in [0.05, 0.1) is 17.8 Å². The van der Waals surface area contributed by atoms with Crippen molar-refractivity contribution < 1.29 is 4.74 Å². The van der Waals surface area contributed by atoms with E-state index in [2.05, 4.69) is 22.5 Å². The third kappa shape index (κ3) is 2.26. The van der Waals surface area contributed by atoms with Crippen molar-refractivity contribution in [2.45, 2.75) is 31.7 Å². The van der Waals surface area contributed by atoms with Gasteiger partial charge < -0.3 is 10.5 Å². The lowest BCUT2D eigenvalue weighted by molar-refractivity contribution is 0.407. The maximum Gasteiger partial charge on any atom is 0.119 e. The zero-order valence-electron chi connectivity index (χ0n) is 11.3. The number of rotatable bonds is 3. The van der Waals surface area contributed by atoms with Crippen molar-refractivity contribution in [2.24, 2.45) is 5.73 Å². The van der Waals surface area contributed by atoms with Crippen LogP contribution in [0.1, 0.15) is 28.2 Å². The van der Waals surface area contributed by atoms with Gasteiger partial charge in [0.2, 0.25) is 0 Å². The van der Waals surface area contributed by atoms with Crippen LogP contribution in [0, 0.1) is 6.92 Å². The highest BCUT2D eigenvalue weighted by atomic mass is 32.1. The number of ether oxygens (including phenoxy) is 1. The minimum absolute atomic E-state index is 0.301. The normalized spacial score (nSPS) is 21.4. The summed E-state index contributed by atoms with van der Waals surface area (Å²) in [5.74, 6) is 0.880. The molecule has 1 atom stereocenters. The number of hydrogen-bond donors (Lipinski definition) is 1. The molecular weight excluding hydrogens is 256 g/mol. The summed E-state index contributed by atoms with van der Waals surface area (Å²) in [6.07, 6.45) is 2.82. The molecule has 1 aromatic carbocycles. The number of nitrogens with two attached hydrogens (primary N) is 1. The van der Waals surface area contributed by atoms with E-state index in [1.54, 1.807) is 18.4 Å². The lowest BCUT2D eigenvalue weighted by atomic mass is 9.88. The Balaban J connectivity index is 1.94. The number of aromatic nitrogens is 1. The Bertz CT molecular complexity index is 608. The van der Waals surface area contributed by atoms with Gasteiger partial charge >= 0.3 is 0 Å². The second-order valence-electron chi connectivity index (χ2n) is 5.21. The molecule has 0 aliphatic heterocycles.